The average molecular weight is 601 g/mol. The molecule has 0 radical (unpaired) electrons. The molecule has 0 spiro atoms. The summed E-state index contributed by atoms with van der Waals surface area (Å²) in [5, 5.41) is 0.640. The molecule has 0 bridgehead atoms. The molecule has 3 aromatic rings. The molecule has 1 atom stereocenters. The number of halogens is 2. The van der Waals surface area contributed by atoms with Crippen molar-refractivity contribution >= 4 is 39.5 Å². The molecule has 3 aromatic carbocycles. The molecule has 1 amide bonds. The molecule has 1 aliphatic heterocycles. The van der Waals surface area contributed by atoms with Gasteiger partial charge in [-0.05, 0) is 78.6 Å². The first kappa shape index (κ1) is 28.0. The van der Waals surface area contributed by atoms with Crippen LogP contribution in [0, 0.1) is 0 Å². The van der Waals surface area contributed by atoms with E-state index in [0.717, 1.165) is 26.7 Å². The third kappa shape index (κ3) is 6.52. The molecule has 38 heavy (non-hydrogen) atoms. The molecule has 8 heteroatoms. The predicted molar refractivity (Wildman–Crippen MR) is 153 cm³/mol. The molecular formula is C30H31BrClNO5. The fourth-order valence-corrected chi connectivity index (χ4v) is 5.09. The van der Waals surface area contributed by atoms with Crippen LogP contribution in [-0.4, -0.2) is 51.4 Å². The van der Waals surface area contributed by atoms with Gasteiger partial charge in [0.05, 0.1) is 26.9 Å². The van der Waals surface area contributed by atoms with Crippen molar-refractivity contribution in [2.75, 3.05) is 40.6 Å². The monoisotopic (exact) mass is 599 g/mol. The van der Waals surface area contributed by atoms with E-state index in [0.29, 0.717) is 55.1 Å². The van der Waals surface area contributed by atoms with Crippen molar-refractivity contribution in [2.45, 2.75) is 19.4 Å². The number of amides is 1. The average Bonchev–Trinajstić information content (AvgIpc) is 2.93. The zero-order chi connectivity index (χ0) is 27.1. The van der Waals surface area contributed by atoms with Gasteiger partial charge in [-0.1, -0.05) is 39.7 Å². The number of fused-ring (bicyclic) bond motifs is 1. The summed E-state index contributed by atoms with van der Waals surface area (Å²) in [6.45, 7) is 4.06. The van der Waals surface area contributed by atoms with Gasteiger partial charge >= 0.3 is 0 Å². The van der Waals surface area contributed by atoms with Gasteiger partial charge in [0.2, 0.25) is 5.91 Å². The van der Waals surface area contributed by atoms with Gasteiger partial charge in [0, 0.05) is 34.3 Å². The largest absolute Gasteiger partial charge is 0.493 e. The number of nitrogens with zero attached hydrogens (tertiary/aromatic N) is 1. The van der Waals surface area contributed by atoms with E-state index in [-0.39, 0.29) is 11.9 Å². The number of methoxy groups -OCH3 is 2. The van der Waals surface area contributed by atoms with E-state index in [1.165, 1.54) is 0 Å². The molecule has 6 nitrogen and oxygen atoms in total. The Morgan fingerprint density at radius 3 is 2.47 bits per heavy atom. The molecule has 0 aliphatic carbocycles. The van der Waals surface area contributed by atoms with Crippen LogP contribution in [0.1, 0.15) is 35.2 Å². The topological polar surface area (TPSA) is 57.2 Å². The van der Waals surface area contributed by atoms with Gasteiger partial charge in [-0.2, -0.15) is 0 Å². The highest BCUT2D eigenvalue weighted by Gasteiger charge is 2.32. The van der Waals surface area contributed by atoms with Gasteiger partial charge in [0.25, 0.3) is 0 Å². The fraction of sp³-hybridized carbons (Fsp3) is 0.300. The molecule has 0 fully saturated rings. The maximum absolute atomic E-state index is 13.7. The molecule has 0 saturated carbocycles. The summed E-state index contributed by atoms with van der Waals surface area (Å²) in [6, 6.07) is 17.0. The highest BCUT2D eigenvalue weighted by molar-refractivity contribution is 9.10. The summed E-state index contributed by atoms with van der Waals surface area (Å²) in [4.78, 5) is 15.6. The van der Waals surface area contributed by atoms with Crippen LogP contribution < -0.4 is 14.2 Å². The second kappa shape index (κ2) is 13.2. The van der Waals surface area contributed by atoms with E-state index >= 15 is 0 Å². The molecule has 1 heterocycles. The maximum atomic E-state index is 13.7. The quantitative estimate of drug-likeness (QED) is 0.191. The van der Waals surface area contributed by atoms with Crippen molar-refractivity contribution in [3.05, 3.63) is 92.4 Å². The van der Waals surface area contributed by atoms with E-state index < -0.39 is 0 Å². The van der Waals surface area contributed by atoms with E-state index in [1.807, 2.05) is 66.4 Å². The summed E-state index contributed by atoms with van der Waals surface area (Å²) >= 11 is 9.70. The number of rotatable bonds is 10. The van der Waals surface area contributed by atoms with Crippen molar-refractivity contribution in [3.8, 4) is 17.2 Å². The fourth-order valence-electron chi connectivity index (χ4n) is 4.58. The summed E-state index contributed by atoms with van der Waals surface area (Å²) in [6.07, 6.45) is 4.10. The minimum Gasteiger partial charge on any atom is -0.493 e. The Labute approximate surface area is 237 Å². The van der Waals surface area contributed by atoms with Crippen molar-refractivity contribution in [2.24, 2.45) is 0 Å². The number of carbonyl (C=O) groups is 1. The summed E-state index contributed by atoms with van der Waals surface area (Å²) in [7, 11) is 3.24. The third-order valence-electron chi connectivity index (χ3n) is 6.41. The van der Waals surface area contributed by atoms with Crippen molar-refractivity contribution in [1.29, 1.82) is 0 Å². The zero-order valence-corrected chi connectivity index (χ0v) is 24.1. The highest BCUT2D eigenvalue weighted by atomic mass is 79.9. The van der Waals surface area contributed by atoms with Crippen LogP contribution >= 0.6 is 27.5 Å². The molecule has 0 saturated heterocycles. The lowest BCUT2D eigenvalue weighted by Gasteiger charge is -2.37. The molecule has 1 unspecified atom stereocenters. The third-order valence-corrected chi connectivity index (χ3v) is 7.15. The van der Waals surface area contributed by atoms with Crippen LogP contribution in [0.4, 0.5) is 0 Å². The van der Waals surface area contributed by atoms with Crippen LogP contribution in [0.2, 0.25) is 5.02 Å². The molecule has 1 aliphatic rings. The Bertz CT molecular complexity index is 1290. The van der Waals surface area contributed by atoms with Crippen LogP contribution in [0.25, 0.3) is 6.08 Å². The zero-order valence-electron chi connectivity index (χ0n) is 21.7. The van der Waals surface area contributed by atoms with Crippen LogP contribution in [0.5, 0.6) is 17.2 Å². The van der Waals surface area contributed by atoms with Gasteiger partial charge in [-0.25, -0.2) is 0 Å². The Hall–Kier alpha value is -3.00. The van der Waals surface area contributed by atoms with Gasteiger partial charge in [0.15, 0.2) is 11.5 Å². The first-order chi connectivity index (χ1) is 18.4. The van der Waals surface area contributed by atoms with E-state index in [9.17, 15) is 4.79 Å². The summed E-state index contributed by atoms with van der Waals surface area (Å²) in [5.74, 6) is 1.88. The molecule has 200 valence electrons. The lowest BCUT2D eigenvalue weighted by atomic mass is 9.87. The Morgan fingerprint density at radius 2 is 1.76 bits per heavy atom. The van der Waals surface area contributed by atoms with Crippen molar-refractivity contribution in [3.63, 3.8) is 0 Å². The van der Waals surface area contributed by atoms with Gasteiger partial charge in [0.1, 0.15) is 12.4 Å². The molecule has 4 rings (SSSR count). The lowest BCUT2D eigenvalue weighted by molar-refractivity contribution is -0.127. The van der Waals surface area contributed by atoms with Crippen LogP contribution in [-0.2, 0) is 16.0 Å². The Morgan fingerprint density at radius 1 is 1.03 bits per heavy atom. The summed E-state index contributed by atoms with van der Waals surface area (Å²) in [5.41, 5.74) is 3.88. The second-order valence-electron chi connectivity index (χ2n) is 8.70. The van der Waals surface area contributed by atoms with E-state index in [1.54, 1.807) is 26.4 Å². The minimum absolute atomic E-state index is 0.106. The van der Waals surface area contributed by atoms with Crippen molar-refractivity contribution < 1.29 is 23.7 Å². The smallest absolute Gasteiger partial charge is 0.247 e. The van der Waals surface area contributed by atoms with Gasteiger partial charge < -0.3 is 23.8 Å². The number of benzene rings is 3. The lowest BCUT2D eigenvalue weighted by Crippen LogP contribution is -2.39. The van der Waals surface area contributed by atoms with Gasteiger partial charge in [-0.15, -0.1) is 0 Å². The first-order valence-electron chi connectivity index (χ1n) is 12.4. The Balaban J connectivity index is 1.66. The first-order valence-corrected chi connectivity index (χ1v) is 13.6. The van der Waals surface area contributed by atoms with Crippen LogP contribution in [0.3, 0.4) is 0 Å². The maximum Gasteiger partial charge on any atom is 0.247 e. The second-order valence-corrected chi connectivity index (χ2v) is 10.1. The minimum atomic E-state index is -0.308. The predicted octanol–water partition coefficient (Wildman–Crippen LogP) is 6.72. The molecular weight excluding hydrogens is 570 g/mol. The normalized spacial score (nSPS) is 14.9. The summed E-state index contributed by atoms with van der Waals surface area (Å²) < 4.78 is 23.3. The number of hydrogen-bond donors (Lipinski definition) is 0. The van der Waals surface area contributed by atoms with E-state index in [2.05, 4.69) is 15.9 Å². The van der Waals surface area contributed by atoms with Gasteiger partial charge in [-0.3, -0.25) is 4.79 Å². The Kier molecular flexibility index (Phi) is 9.72. The molecule has 0 aromatic heterocycles. The highest BCUT2D eigenvalue weighted by Crippen LogP contribution is 2.41. The van der Waals surface area contributed by atoms with Crippen molar-refractivity contribution in [1.82, 2.24) is 4.90 Å². The standard InChI is InChI=1S/C30H31BrClNO5/c1-4-37-15-16-38-26-11-8-23(31)17-22(26)7-12-29(34)33-14-13-21-18-27(35-2)28(36-3)19-25(21)30(33)20-5-9-24(32)10-6-20/h5-12,17-19,30H,4,13-16H2,1-3H3/b12-7+. The number of carbonyl (C=O) groups excluding carboxylic acids is 1. The SMILES string of the molecule is CCOCCOc1ccc(Br)cc1/C=C/C(=O)N1CCc2cc(OC)c(OC)cc2C1c1ccc(Cl)cc1. The number of hydrogen-bond acceptors (Lipinski definition) is 5. The number of ether oxygens (including phenoxy) is 4. The van der Waals surface area contributed by atoms with E-state index in [4.69, 9.17) is 30.5 Å². The van der Waals surface area contributed by atoms with Crippen LogP contribution in [0.15, 0.2) is 65.1 Å². The molecule has 0 N–H and O–H groups in total.